The third kappa shape index (κ3) is 3.15. The fraction of sp³-hybridized carbons (Fsp3) is 0.500. The number of aryl methyl sites for hydroxylation is 1. The molecule has 2 saturated carbocycles. The van der Waals surface area contributed by atoms with Crippen molar-refractivity contribution in [2.24, 2.45) is 18.9 Å². The van der Waals surface area contributed by atoms with Gasteiger partial charge in [0.05, 0.1) is 13.3 Å². The monoisotopic (exact) mass is 339 g/mol. The summed E-state index contributed by atoms with van der Waals surface area (Å²) in [7, 11) is 3.58. The van der Waals surface area contributed by atoms with E-state index in [4.69, 9.17) is 4.74 Å². The van der Waals surface area contributed by atoms with E-state index in [2.05, 4.69) is 12.0 Å². The fourth-order valence-electron chi connectivity index (χ4n) is 3.74. The van der Waals surface area contributed by atoms with E-state index < -0.39 is 0 Å². The quantitative estimate of drug-likeness (QED) is 0.811. The summed E-state index contributed by atoms with van der Waals surface area (Å²) in [6.45, 7) is 2.18. The van der Waals surface area contributed by atoms with Crippen LogP contribution in [0.3, 0.4) is 0 Å². The van der Waals surface area contributed by atoms with Crippen molar-refractivity contribution in [3.8, 4) is 5.75 Å². The topological polar surface area (TPSA) is 47.4 Å². The second-order valence-electron chi connectivity index (χ2n) is 7.38. The number of benzene rings is 1. The molecule has 0 N–H and O–H groups in total. The van der Waals surface area contributed by atoms with Crippen LogP contribution < -0.4 is 9.64 Å². The maximum absolute atomic E-state index is 13.3. The number of amides is 1. The normalized spacial score (nSPS) is 23.2. The van der Waals surface area contributed by atoms with Crippen molar-refractivity contribution < 1.29 is 9.53 Å². The zero-order valence-electron chi connectivity index (χ0n) is 15.1. The minimum Gasteiger partial charge on any atom is -0.497 e. The van der Waals surface area contributed by atoms with E-state index >= 15 is 0 Å². The second-order valence-corrected chi connectivity index (χ2v) is 7.38. The third-order valence-corrected chi connectivity index (χ3v) is 5.56. The van der Waals surface area contributed by atoms with Crippen molar-refractivity contribution in [3.63, 3.8) is 0 Å². The lowest BCUT2D eigenvalue weighted by Gasteiger charge is -2.30. The first kappa shape index (κ1) is 16.2. The molecule has 5 nitrogen and oxygen atoms in total. The summed E-state index contributed by atoms with van der Waals surface area (Å²) >= 11 is 0. The molecule has 2 aliphatic carbocycles. The number of nitrogens with zero attached hydrogens (tertiary/aromatic N) is 3. The molecular weight excluding hydrogens is 314 g/mol. The number of ether oxygens (including phenoxy) is 1. The molecule has 0 spiro atoms. The first-order valence-corrected chi connectivity index (χ1v) is 9.04. The fourth-order valence-corrected chi connectivity index (χ4v) is 3.74. The molecule has 0 unspecified atom stereocenters. The summed E-state index contributed by atoms with van der Waals surface area (Å²) < 4.78 is 7.06. The molecular formula is C20H25N3O2. The summed E-state index contributed by atoms with van der Waals surface area (Å²) in [5.74, 6) is 2.08. The van der Waals surface area contributed by atoms with E-state index in [9.17, 15) is 4.79 Å². The second kappa shape index (κ2) is 6.21. The Hall–Kier alpha value is -2.30. The van der Waals surface area contributed by atoms with Gasteiger partial charge in [-0.15, -0.1) is 0 Å². The molecule has 132 valence electrons. The third-order valence-electron chi connectivity index (χ3n) is 5.56. The van der Waals surface area contributed by atoms with E-state index in [1.807, 2.05) is 53.3 Å². The highest BCUT2D eigenvalue weighted by atomic mass is 16.5. The summed E-state index contributed by atoms with van der Waals surface area (Å²) in [6.07, 6.45) is 7.28. The molecule has 25 heavy (non-hydrogen) atoms. The Morgan fingerprint density at radius 3 is 2.60 bits per heavy atom. The van der Waals surface area contributed by atoms with E-state index in [-0.39, 0.29) is 17.9 Å². The van der Waals surface area contributed by atoms with Crippen molar-refractivity contribution in [1.82, 2.24) is 9.78 Å². The van der Waals surface area contributed by atoms with Crippen LogP contribution in [0, 0.1) is 11.8 Å². The minimum absolute atomic E-state index is 0.0764. The highest BCUT2D eigenvalue weighted by Gasteiger charge is 2.48. The molecule has 0 radical (unpaired) electrons. The van der Waals surface area contributed by atoms with Gasteiger partial charge in [-0.1, -0.05) is 0 Å². The van der Waals surface area contributed by atoms with Crippen LogP contribution in [0.15, 0.2) is 36.7 Å². The van der Waals surface area contributed by atoms with Crippen LogP contribution >= 0.6 is 0 Å². The average molecular weight is 339 g/mol. The predicted molar refractivity (Wildman–Crippen MR) is 96.7 cm³/mol. The summed E-state index contributed by atoms with van der Waals surface area (Å²) in [6, 6.07) is 8.10. The summed E-state index contributed by atoms with van der Waals surface area (Å²) in [4.78, 5) is 15.3. The molecule has 2 fully saturated rings. The molecule has 1 aromatic heterocycles. The summed E-state index contributed by atoms with van der Waals surface area (Å²) in [5, 5.41) is 4.24. The number of anilines is 1. The van der Waals surface area contributed by atoms with Gasteiger partial charge in [0.25, 0.3) is 0 Å². The SMILES string of the molecule is COc1ccc(N(C(=O)[C@@H]2C[C@@H]2c2cnn(C)c2)[C@H](C)C2CC2)cc1. The maximum Gasteiger partial charge on any atom is 0.230 e. The molecule has 4 rings (SSSR count). The Bertz CT molecular complexity index is 764. The number of methoxy groups -OCH3 is 1. The lowest BCUT2D eigenvalue weighted by atomic mass is 10.1. The van der Waals surface area contributed by atoms with Crippen LogP contribution in [-0.2, 0) is 11.8 Å². The van der Waals surface area contributed by atoms with Crippen LogP contribution in [-0.4, -0.2) is 28.8 Å². The van der Waals surface area contributed by atoms with Crippen molar-refractivity contribution >= 4 is 11.6 Å². The van der Waals surface area contributed by atoms with Crippen molar-refractivity contribution in [3.05, 3.63) is 42.2 Å². The molecule has 0 aliphatic heterocycles. The van der Waals surface area contributed by atoms with E-state index in [1.54, 1.807) is 7.11 Å². The number of carbonyl (C=O) groups excluding carboxylic acids is 1. The van der Waals surface area contributed by atoms with Gasteiger partial charge in [0.2, 0.25) is 5.91 Å². The van der Waals surface area contributed by atoms with Crippen molar-refractivity contribution in [2.75, 3.05) is 12.0 Å². The van der Waals surface area contributed by atoms with Crippen LogP contribution in [0.25, 0.3) is 0 Å². The Labute approximate surface area is 148 Å². The minimum atomic E-state index is 0.0764. The molecule has 2 aliphatic rings. The largest absolute Gasteiger partial charge is 0.497 e. The standard InChI is InChI=1S/C20H25N3O2/c1-13(14-4-5-14)23(16-6-8-17(25-3)9-7-16)20(24)19-10-18(19)15-11-21-22(2)12-15/h6-9,11-14,18-19H,4-5,10H2,1-3H3/t13-,18-,19-/m1/s1. The molecule has 0 saturated heterocycles. The first-order chi connectivity index (χ1) is 12.1. The highest BCUT2D eigenvalue weighted by Crippen LogP contribution is 2.50. The van der Waals surface area contributed by atoms with Gasteiger partial charge in [-0.05, 0) is 67.9 Å². The Morgan fingerprint density at radius 1 is 1.32 bits per heavy atom. The van der Waals surface area contributed by atoms with Crippen molar-refractivity contribution in [1.29, 1.82) is 0 Å². The smallest absolute Gasteiger partial charge is 0.230 e. The molecule has 1 heterocycles. The number of hydrogen-bond acceptors (Lipinski definition) is 3. The summed E-state index contributed by atoms with van der Waals surface area (Å²) in [5.41, 5.74) is 2.15. The van der Waals surface area contributed by atoms with E-state index in [1.165, 1.54) is 18.4 Å². The lowest BCUT2D eigenvalue weighted by molar-refractivity contribution is -0.120. The van der Waals surface area contributed by atoms with E-state index in [0.717, 1.165) is 17.9 Å². The highest BCUT2D eigenvalue weighted by molar-refractivity contribution is 5.98. The Morgan fingerprint density at radius 2 is 2.04 bits per heavy atom. The predicted octanol–water partition coefficient (Wildman–Crippen LogP) is 3.36. The van der Waals surface area contributed by atoms with Gasteiger partial charge in [-0.2, -0.15) is 5.10 Å². The molecule has 1 aromatic carbocycles. The molecule has 2 aromatic rings. The number of hydrogen-bond donors (Lipinski definition) is 0. The van der Waals surface area contributed by atoms with Gasteiger partial charge in [0.1, 0.15) is 5.75 Å². The number of carbonyl (C=O) groups is 1. The zero-order chi connectivity index (χ0) is 17.6. The number of aromatic nitrogens is 2. The van der Waals surface area contributed by atoms with Gasteiger partial charge < -0.3 is 9.64 Å². The zero-order valence-corrected chi connectivity index (χ0v) is 15.1. The van der Waals surface area contributed by atoms with Crippen molar-refractivity contribution in [2.45, 2.75) is 38.1 Å². The van der Waals surface area contributed by atoms with Gasteiger partial charge in [-0.25, -0.2) is 0 Å². The van der Waals surface area contributed by atoms with Gasteiger partial charge in [-0.3, -0.25) is 9.48 Å². The van der Waals surface area contributed by atoms with Gasteiger partial charge in [0, 0.05) is 30.9 Å². The van der Waals surface area contributed by atoms with Crippen LogP contribution in [0.2, 0.25) is 0 Å². The number of rotatable bonds is 6. The van der Waals surface area contributed by atoms with Crippen LogP contribution in [0.5, 0.6) is 5.75 Å². The van der Waals surface area contributed by atoms with Gasteiger partial charge in [0.15, 0.2) is 0 Å². The Kier molecular flexibility index (Phi) is 4.02. The van der Waals surface area contributed by atoms with Crippen LogP contribution in [0.1, 0.15) is 37.7 Å². The molecule has 5 heteroatoms. The van der Waals surface area contributed by atoms with Crippen LogP contribution in [0.4, 0.5) is 5.69 Å². The average Bonchev–Trinajstić information content (AvgIpc) is 3.53. The molecule has 1 amide bonds. The lowest BCUT2D eigenvalue weighted by Crippen LogP contribution is -2.41. The molecule has 3 atom stereocenters. The first-order valence-electron chi connectivity index (χ1n) is 9.04. The maximum atomic E-state index is 13.3. The molecule has 0 bridgehead atoms. The Balaban J connectivity index is 1.56. The van der Waals surface area contributed by atoms with Gasteiger partial charge >= 0.3 is 0 Å². The van der Waals surface area contributed by atoms with E-state index in [0.29, 0.717) is 11.8 Å².